The number of rotatable bonds is 4. The van der Waals surface area contributed by atoms with Gasteiger partial charge in [0, 0.05) is 5.69 Å². The van der Waals surface area contributed by atoms with E-state index in [1.54, 1.807) is 6.92 Å². The Balaban J connectivity index is 2.75. The van der Waals surface area contributed by atoms with Gasteiger partial charge in [0.1, 0.15) is 11.4 Å². The van der Waals surface area contributed by atoms with Gasteiger partial charge < -0.3 is 15.7 Å². The minimum Gasteiger partial charge on any atom is -0.480 e. The zero-order chi connectivity index (χ0) is 14.6. The number of nitrogens with one attached hydrogen (secondary N) is 2. The number of hydrogen-bond donors (Lipinski definition) is 3. The summed E-state index contributed by atoms with van der Waals surface area (Å²) >= 11 is 2.99. The van der Waals surface area contributed by atoms with Crippen molar-refractivity contribution in [2.75, 3.05) is 5.32 Å². The fourth-order valence-electron chi connectivity index (χ4n) is 1.28. The molecule has 0 saturated carbocycles. The zero-order valence-corrected chi connectivity index (χ0v) is 12.0. The van der Waals surface area contributed by atoms with Crippen molar-refractivity contribution in [3.8, 4) is 0 Å². The molecule has 5 nitrogen and oxygen atoms in total. The summed E-state index contributed by atoms with van der Waals surface area (Å²) in [5, 5.41) is 13.8. The molecule has 2 amide bonds. The normalized spacial score (nSPS) is 13.5. The number of anilines is 1. The van der Waals surface area contributed by atoms with E-state index in [-0.39, 0.29) is 10.9 Å². The molecule has 19 heavy (non-hydrogen) atoms. The van der Waals surface area contributed by atoms with Crippen molar-refractivity contribution >= 4 is 33.6 Å². The Hall–Kier alpha value is -1.63. The topological polar surface area (TPSA) is 78.4 Å². The first-order chi connectivity index (χ1) is 8.78. The van der Waals surface area contributed by atoms with E-state index in [4.69, 9.17) is 5.11 Å². The summed E-state index contributed by atoms with van der Waals surface area (Å²) in [6, 6.07) is 3.30. The van der Waals surface area contributed by atoms with Gasteiger partial charge in [0.25, 0.3) is 0 Å². The molecule has 0 spiro atoms. The van der Waals surface area contributed by atoms with Crippen LogP contribution in [0.1, 0.15) is 20.3 Å². The van der Waals surface area contributed by atoms with E-state index in [1.807, 2.05) is 0 Å². The third-order valence-corrected chi connectivity index (χ3v) is 3.35. The summed E-state index contributed by atoms with van der Waals surface area (Å²) in [6.07, 6.45) is 0.239. The van der Waals surface area contributed by atoms with Crippen LogP contribution in [0.5, 0.6) is 0 Å². The van der Waals surface area contributed by atoms with Gasteiger partial charge in [-0.25, -0.2) is 14.0 Å². The van der Waals surface area contributed by atoms with E-state index in [2.05, 4.69) is 26.6 Å². The van der Waals surface area contributed by atoms with Gasteiger partial charge in [0.15, 0.2) is 0 Å². The number of halogens is 2. The molecule has 3 N–H and O–H groups in total. The van der Waals surface area contributed by atoms with Crippen molar-refractivity contribution in [1.29, 1.82) is 0 Å². The van der Waals surface area contributed by atoms with Crippen molar-refractivity contribution in [3.63, 3.8) is 0 Å². The molecule has 7 heteroatoms. The molecule has 0 bridgehead atoms. The van der Waals surface area contributed by atoms with Gasteiger partial charge in [-0.05, 0) is 47.5 Å². The van der Waals surface area contributed by atoms with E-state index in [1.165, 1.54) is 25.1 Å². The largest absolute Gasteiger partial charge is 0.480 e. The number of carboxylic acids is 1. The molecular formula is C12H14BrFN2O3. The molecule has 104 valence electrons. The molecule has 1 unspecified atom stereocenters. The summed E-state index contributed by atoms with van der Waals surface area (Å²) in [6.45, 7) is 3.07. The van der Waals surface area contributed by atoms with Crippen LogP contribution in [0.15, 0.2) is 22.7 Å². The number of hydrogen-bond acceptors (Lipinski definition) is 2. The Morgan fingerprint density at radius 1 is 1.47 bits per heavy atom. The van der Waals surface area contributed by atoms with Crippen molar-refractivity contribution in [3.05, 3.63) is 28.5 Å². The van der Waals surface area contributed by atoms with Crippen molar-refractivity contribution in [1.82, 2.24) is 5.32 Å². The Bertz CT molecular complexity index is 510. The molecule has 0 aliphatic rings. The van der Waals surface area contributed by atoms with Gasteiger partial charge in [0.05, 0.1) is 4.47 Å². The fourth-order valence-corrected chi connectivity index (χ4v) is 1.66. The lowest BCUT2D eigenvalue weighted by Crippen LogP contribution is -2.53. The van der Waals surface area contributed by atoms with E-state index in [0.717, 1.165) is 0 Å². The third-order valence-electron chi connectivity index (χ3n) is 2.75. The number of amides is 2. The second-order valence-electron chi connectivity index (χ2n) is 4.20. The second kappa shape index (κ2) is 6.01. The highest BCUT2D eigenvalue weighted by Crippen LogP contribution is 2.20. The van der Waals surface area contributed by atoms with Gasteiger partial charge in [-0.2, -0.15) is 0 Å². The van der Waals surface area contributed by atoms with Crippen molar-refractivity contribution in [2.24, 2.45) is 0 Å². The maximum absolute atomic E-state index is 13.0. The lowest BCUT2D eigenvalue weighted by Gasteiger charge is -2.24. The molecule has 0 radical (unpaired) electrons. The molecule has 0 aliphatic carbocycles. The average molecular weight is 333 g/mol. The van der Waals surface area contributed by atoms with Gasteiger partial charge in [-0.15, -0.1) is 0 Å². The number of urea groups is 1. The van der Waals surface area contributed by atoms with Crippen LogP contribution in [0.25, 0.3) is 0 Å². The highest BCUT2D eigenvalue weighted by molar-refractivity contribution is 9.10. The van der Waals surface area contributed by atoms with Crippen LogP contribution in [0.4, 0.5) is 14.9 Å². The summed E-state index contributed by atoms with van der Waals surface area (Å²) in [5.74, 6) is -1.57. The molecule has 0 aromatic heterocycles. The van der Waals surface area contributed by atoms with Crippen LogP contribution in [0, 0.1) is 5.82 Å². The minimum atomic E-state index is -1.35. The van der Waals surface area contributed by atoms with Gasteiger partial charge in [-0.3, -0.25) is 0 Å². The molecule has 0 fully saturated rings. The van der Waals surface area contributed by atoms with Gasteiger partial charge in [-0.1, -0.05) is 6.92 Å². The molecule has 0 saturated heterocycles. The highest BCUT2D eigenvalue weighted by atomic mass is 79.9. The Morgan fingerprint density at radius 2 is 2.11 bits per heavy atom. The Morgan fingerprint density at radius 3 is 2.58 bits per heavy atom. The monoisotopic (exact) mass is 332 g/mol. The molecule has 0 heterocycles. The van der Waals surface area contributed by atoms with E-state index in [9.17, 15) is 14.0 Å². The van der Waals surface area contributed by atoms with Crippen LogP contribution < -0.4 is 10.6 Å². The number of benzene rings is 1. The van der Waals surface area contributed by atoms with Crippen molar-refractivity contribution in [2.45, 2.75) is 25.8 Å². The van der Waals surface area contributed by atoms with Crippen LogP contribution in [0.2, 0.25) is 0 Å². The van der Waals surface area contributed by atoms with Crippen LogP contribution in [-0.4, -0.2) is 22.6 Å². The highest BCUT2D eigenvalue weighted by Gasteiger charge is 2.32. The zero-order valence-electron chi connectivity index (χ0n) is 10.5. The lowest BCUT2D eigenvalue weighted by atomic mass is 10.00. The Labute approximate surface area is 118 Å². The molecule has 0 aliphatic heterocycles. The predicted octanol–water partition coefficient (Wildman–Crippen LogP) is 2.96. The maximum atomic E-state index is 13.0. The molecule has 1 atom stereocenters. The van der Waals surface area contributed by atoms with Gasteiger partial charge in [0.2, 0.25) is 0 Å². The number of aliphatic carboxylic acids is 1. The summed E-state index contributed by atoms with van der Waals surface area (Å²) in [7, 11) is 0. The van der Waals surface area contributed by atoms with E-state index < -0.39 is 23.4 Å². The lowest BCUT2D eigenvalue weighted by molar-refractivity contribution is -0.143. The van der Waals surface area contributed by atoms with Crippen LogP contribution in [0.3, 0.4) is 0 Å². The standard InChI is InChI=1S/C12H14BrFN2O3/c1-3-12(2,10(17)18)16-11(19)15-7-4-5-9(14)8(13)6-7/h4-6H,3H2,1-2H3,(H,17,18)(H2,15,16,19). The first-order valence-corrected chi connectivity index (χ1v) is 6.35. The number of carbonyl (C=O) groups excluding carboxylic acids is 1. The van der Waals surface area contributed by atoms with Gasteiger partial charge >= 0.3 is 12.0 Å². The smallest absolute Gasteiger partial charge is 0.329 e. The predicted molar refractivity (Wildman–Crippen MR) is 72.6 cm³/mol. The molecule has 1 aromatic carbocycles. The number of carboxylic acid groups (broad SMARTS) is 1. The van der Waals surface area contributed by atoms with Crippen LogP contribution in [-0.2, 0) is 4.79 Å². The molecule has 1 rings (SSSR count). The summed E-state index contributed by atoms with van der Waals surface area (Å²) in [4.78, 5) is 22.7. The maximum Gasteiger partial charge on any atom is 0.329 e. The van der Waals surface area contributed by atoms with Crippen LogP contribution >= 0.6 is 15.9 Å². The first kappa shape index (κ1) is 15.4. The second-order valence-corrected chi connectivity index (χ2v) is 5.05. The SMILES string of the molecule is CCC(C)(NC(=O)Nc1ccc(F)c(Br)c1)C(=O)O. The summed E-state index contributed by atoms with van der Waals surface area (Å²) in [5.41, 5.74) is -0.990. The number of carbonyl (C=O) groups is 2. The quantitative estimate of drug-likeness (QED) is 0.793. The average Bonchev–Trinajstić information content (AvgIpc) is 2.33. The van der Waals surface area contributed by atoms with E-state index in [0.29, 0.717) is 5.69 Å². The Kier molecular flexibility index (Phi) is 4.88. The fraction of sp³-hybridized carbons (Fsp3) is 0.333. The third kappa shape index (κ3) is 3.92. The summed E-state index contributed by atoms with van der Waals surface area (Å²) < 4.78 is 13.2. The molecular weight excluding hydrogens is 319 g/mol. The van der Waals surface area contributed by atoms with Crippen molar-refractivity contribution < 1.29 is 19.1 Å². The first-order valence-electron chi connectivity index (χ1n) is 5.56. The minimum absolute atomic E-state index is 0.210. The van der Waals surface area contributed by atoms with E-state index >= 15 is 0 Å². The molecule has 1 aromatic rings.